The number of aliphatic hydroxyl groups is 1. The molecule has 4 unspecified atom stereocenters. The average molecular weight is 769 g/mol. The molecule has 0 bridgehead atoms. The molecule has 4 aromatic carbocycles. The topological polar surface area (TPSA) is 159 Å². The quantitative estimate of drug-likeness (QED) is 0.0801. The van der Waals surface area contributed by atoms with Crippen molar-refractivity contribution in [3.8, 4) is 11.1 Å². The molecule has 294 valence electrons. The van der Waals surface area contributed by atoms with Crippen molar-refractivity contribution >= 4 is 34.8 Å². The van der Waals surface area contributed by atoms with Gasteiger partial charge in [-0.15, -0.1) is 0 Å². The summed E-state index contributed by atoms with van der Waals surface area (Å²) in [6, 6.07) is 31.4. The van der Waals surface area contributed by atoms with Crippen LogP contribution in [0, 0.1) is 5.92 Å². The number of aromatic amines is 1. The van der Waals surface area contributed by atoms with Crippen molar-refractivity contribution in [2.75, 3.05) is 19.8 Å². The highest BCUT2D eigenvalue weighted by atomic mass is 16.6. The standard InChI is InChI=1S/C46H48N4O7/c51-27-33(23-30-13-3-1-4-14-30)48-43(52)25-31-15-5-2-6-22-42(45(54)56-28-34(49-44(31)53)24-32-26-47-41-21-12-11-16-35(32)41)50-46(55)57-29-40-38-19-9-7-17-36(38)37-18-8-10-20-39(37)40/h1-5,7-14,16-21,26,31,33-34,40,42,47,51H,6,15,22-25,27-29H2,(H,48,52)(H,49,53)(H,50,55). The predicted molar refractivity (Wildman–Crippen MR) is 217 cm³/mol. The predicted octanol–water partition coefficient (Wildman–Crippen LogP) is 6.11. The SMILES string of the molecule is O=C(CC1CC=CCCC(NC(=O)OCC2c3ccccc3-c3ccccc32)C(=O)OCC(Cc2c[nH]c3ccccc23)NC1=O)NC(CO)Cc1ccccc1. The third kappa shape index (κ3) is 9.79. The number of carbonyl (C=O) groups excluding carboxylic acids is 4. The summed E-state index contributed by atoms with van der Waals surface area (Å²) >= 11 is 0. The van der Waals surface area contributed by atoms with Gasteiger partial charge < -0.3 is 35.5 Å². The Bertz CT molecular complexity index is 2170. The van der Waals surface area contributed by atoms with Crippen molar-refractivity contribution < 1.29 is 33.8 Å². The van der Waals surface area contributed by atoms with Crippen molar-refractivity contribution in [1.29, 1.82) is 0 Å². The summed E-state index contributed by atoms with van der Waals surface area (Å²) in [5.74, 6) is -2.21. The molecular weight excluding hydrogens is 721 g/mol. The Kier molecular flexibility index (Phi) is 12.8. The first-order valence-corrected chi connectivity index (χ1v) is 19.6. The van der Waals surface area contributed by atoms with Crippen LogP contribution in [0.3, 0.4) is 0 Å². The number of aliphatic hydroxyl groups excluding tert-OH is 1. The number of carbonyl (C=O) groups is 4. The van der Waals surface area contributed by atoms with Crippen LogP contribution in [0.5, 0.6) is 0 Å². The van der Waals surface area contributed by atoms with E-state index in [0.717, 1.165) is 44.3 Å². The summed E-state index contributed by atoms with van der Waals surface area (Å²) in [4.78, 5) is 57.4. The Labute approximate surface area is 331 Å². The minimum atomic E-state index is -1.00. The number of aromatic nitrogens is 1. The van der Waals surface area contributed by atoms with Gasteiger partial charge in [0, 0.05) is 29.4 Å². The molecule has 5 N–H and O–H groups in total. The summed E-state index contributed by atoms with van der Waals surface area (Å²) < 4.78 is 11.6. The third-order valence-corrected chi connectivity index (χ3v) is 10.8. The molecule has 0 saturated heterocycles. The molecule has 0 spiro atoms. The maximum atomic E-state index is 13.9. The van der Waals surface area contributed by atoms with Gasteiger partial charge in [-0.2, -0.15) is 0 Å². The number of esters is 1. The van der Waals surface area contributed by atoms with Gasteiger partial charge in [-0.05, 0) is 71.6 Å². The van der Waals surface area contributed by atoms with E-state index in [9.17, 15) is 24.3 Å². The second kappa shape index (κ2) is 18.6. The van der Waals surface area contributed by atoms with E-state index in [1.165, 1.54) is 0 Å². The molecule has 4 atom stereocenters. The number of benzene rings is 4. The Morgan fingerprint density at radius 2 is 1.58 bits per heavy atom. The zero-order chi connectivity index (χ0) is 39.6. The van der Waals surface area contributed by atoms with Crippen molar-refractivity contribution in [3.63, 3.8) is 0 Å². The molecule has 1 aromatic heterocycles. The van der Waals surface area contributed by atoms with Crippen LogP contribution in [0.15, 0.2) is 121 Å². The summed E-state index contributed by atoms with van der Waals surface area (Å²) in [6.45, 7) is -0.315. The molecule has 1 aliphatic carbocycles. The lowest BCUT2D eigenvalue weighted by Gasteiger charge is -2.24. The Morgan fingerprint density at radius 1 is 0.877 bits per heavy atom. The van der Waals surface area contributed by atoms with Gasteiger partial charge in [0.1, 0.15) is 19.3 Å². The second-order valence-electron chi connectivity index (χ2n) is 14.7. The number of hydrogen-bond acceptors (Lipinski definition) is 7. The van der Waals surface area contributed by atoms with E-state index in [4.69, 9.17) is 9.47 Å². The Morgan fingerprint density at radius 3 is 2.33 bits per heavy atom. The van der Waals surface area contributed by atoms with Crippen molar-refractivity contribution in [1.82, 2.24) is 20.9 Å². The second-order valence-corrected chi connectivity index (χ2v) is 14.7. The number of para-hydroxylation sites is 1. The fraction of sp³-hybridized carbons (Fsp3) is 0.304. The molecule has 57 heavy (non-hydrogen) atoms. The summed E-state index contributed by atoms with van der Waals surface area (Å²) in [5.41, 5.74) is 7.22. The molecular formula is C46H48N4O7. The van der Waals surface area contributed by atoms with Crippen LogP contribution < -0.4 is 16.0 Å². The molecule has 11 heteroatoms. The van der Waals surface area contributed by atoms with Crippen molar-refractivity contribution in [3.05, 3.63) is 144 Å². The number of H-pyrrole nitrogens is 1. The van der Waals surface area contributed by atoms with Crippen molar-refractivity contribution in [2.45, 2.75) is 62.6 Å². The van der Waals surface area contributed by atoms with Gasteiger partial charge in [-0.1, -0.05) is 109 Å². The van der Waals surface area contributed by atoms with Crippen LogP contribution in [0.2, 0.25) is 0 Å². The number of cyclic esters (lactones) is 1. The highest BCUT2D eigenvalue weighted by molar-refractivity contribution is 5.87. The lowest BCUT2D eigenvalue weighted by molar-refractivity contribution is -0.147. The number of fused-ring (bicyclic) bond motifs is 4. The molecule has 0 radical (unpaired) electrons. The minimum Gasteiger partial charge on any atom is -0.462 e. The molecule has 7 rings (SSSR count). The lowest BCUT2D eigenvalue weighted by Crippen LogP contribution is -2.47. The zero-order valence-electron chi connectivity index (χ0n) is 31.7. The van der Waals surface area contributed by atoms with Crippen LogP contribution in [-0.2, 0) is 36.7 Å². The first kappa shape index (κ1) is 39.1. The van der Waals surface area contributed by atoms with Crippen LogP contribution >= 0.6 is 0 Å². The van der Waals surface area contributed by atoms with Gasteiger partial charge in [-0.25, -0.2) is 9.59 Å². The smallest absolute Gasteiger partial charge is 0.407 e. The van der Waals surface area contributed by atoms with Gasteiger partial charge >= 0.3 is 12.1 Å². The Hall–Kier alpha value is -6.20. The number of nitrogens with one attached hydrogen (secondary N) is 4. The lowest BCUT2D eigenvalue weighted by atomic mass is 9.97. The molecule has 2 heterocycles. The van der Waals surface area contributed by atoms with E-state index in [-0.39, 0.29) is 56.8 Å². The third-order valence-electron chi connectivity index (χ3n) is 10.8. The molecule has 5 aromatic rings. The molecule has 3 amide bonds. The highest BCUT2D eigenvalue weighted by Gasteiger charge is 2.31. The van der Waals surface area contributed by atoms with Gasteiger partial charge in [0.15, 0.2) is 0 Å². The number of ether oxygens (including phenoxy) is 2. The van der Waals surface area contributed by atoms with Gasteiger partial charge in [0.05, 0.1) is 24.6 Å². The van der Waals surface area contributed by atoms with E-state index in [0.29, 0.717) is 19.3 Å². The number of amides is 3. The number of rotatable bonds is 11. The molecule has 11 nitrogen and oxygen atoms in total. The van der Waals surface area contributed by atoms with Gasteiger partial charge in [-0.3, -0.25) is 9.59 Å². The van der Waals surface area contributed by atoms with Crippen LogP contribution in [-0.4, -0.2) is 71.9 Å². The molecule has 0 saturated carbocycles. The summed E-state index contributed by atoms with van der Waals surface area (Å²) in [7, 11) is 0. The number of alkyl carbamates (subject to hydrolysis) is 1. The van der Waals surface area contributed by atoms with E-state index in [2.05, 4.69) is 33.1 Å². The van der Waals surface area contributed by atoms with Crippen molar-refractivity contribution in [2.24, 2.45) is 5.92 Å². The van der Waals surface area contributed by atoms with E-state index in [1.54, 1.807) is 0 Å². The normalized spacial score (nSPS) is 19.1. The van der Waals surface area contributed by atoms with Crippen LogP contribution in [0.4, 0.5) is 4.79 Å². The fourth-order valence-corrected chi connectivity index (χ4v) is 7.85. The molecule has 1 aliphatic heterocycles. The van der Waals surface area contributed by atoms with E-state index < -0.39 is 36.1 Å². The summed E-state index contributed by atoms with van der Waals surface area (Å²) in [6.07, 6.45) is 6.39. The number of allylic oxidation sites excluding steroid dienone is 2. The highest BCUT2D eigenvalue weighted by Crippen LogP contribution is 2.44. The molecule has 2 aliphatic rings. The van der Waals surface area contributed by atoms with E-state index in [1.807, 2.05) is 109 Å². The fourth-order valence-electron chi connectivity index (χ4n) is 7.85. The Balaban J connectivity index is 1.04. The first-order valence-electron chi connectivity index (χ1n) is 19.6. The van der Waals surface area contributed by atoms with Gasteiger partial charge in [0.25, 0.3) is 0 Å². The summed E-state index contributed by atoms with van der Waals surface area (Å²) in [5, 5.41) is 19.7. The van der Waals surface area contributed by atoms with E-state index >= 15 is 0 Å². The van der Waals surface area contributed by atoms with Crippen LogP contribution in [0.1, 0.15) is 53.9 Å². The van der Waals surface area contributed by atoms with Crippen LogP contribution in [0.25, 0.3) is 22.0 Å². The maximum Gasteiger partial charge on any atom is 0.407 e. The zero-order valence-corrected chi connectivity index (χ0v) is 31.7. The largest absolute Gasteiger partial charge is 0.462 e. The minimum absolute atomic E-state index is 0.0977. The maximum absolute atomic E-state index is 13.9. The average Bonchev–Trinajstić information content (AvgIpc) is 3.79. The molecule has 0 fully saturated rings. The first-order chi connectivity index (χ1) is 27.9. The van der Waals surface area contributed by atoms with Gasteiger partial charge in [0.2, 0.25) is 11.8 Å². The number of hydrogen-bond donors (Lipinski definition) is 5. The monoisotopic (exact) mass is 768 g/mol.